The van der Waals surface area contributed by atoms with Crippen LogP contribution in [0.4, 0.5) is 0 Å². The molecule has 2 aromatic carbocycles. The van der Waals surface area contributed by atoms with E-state index in [1.54, 1.807) is 20.4 Å². The molecule has 1 unspecified atom stereocenters. The molecule has 1 atom stereocenters. The third-order valence-electron chi connectivity index (χ3n) is 5.29. The average Bonchev–Trinajstić information content (AvgIpc) is 3.16. The second-order valence-electron chi connectivity index (χ2n) is 7.26. The van der Waals surface area contributed by atoms with Gasteiger partial charge in [-0.1, -0.05) is 37.3 Å². The van der Waals surface area contributed by atoms with Crippen molar-refractivity contribution in [3.8, 4) is 11.5 Å². The lowest BCUT2D eigenvalue weighted by Gasteiger charge is -2.19. The fourth-order valence-corrected chi connectivity index (χ4v) is 3.68. The molecule has 0 aliphatic heterocycles. The summed E-state index contributed by atoms with van der Waals surface area (Å²) in [5.41, 5.74) is 4.69. The van der Waals surface area contributed by atoms with Crippen molar-refractivity contribution >= 4 is 5.91 Å². The number of nitrogens with zero attached hydrogens (tertiary/aromatic N) is 2. The molecule has 1 aromatic heterocycles. The summed E-state index contributed by atoms with van der Waals surface area (Å²) in [5, 5.41) is 7.58. The molecule has 3 aromatic rings. The van der Waals surface area contributed by atoms with Crippen LogP contribution in [-0.2, 0) is 13.0 Å². The van der Waals surface area contributed by atoms with Crippen LogP contribution in [0, 0.1) is 6.92 Å². The molecule has 0 aliphatic rings. The highest BCUT2D eigenvalue weighted by molar-refractivity contribution is 5.95. The van der Waals surface area contributed by atoms with Crippen molar-refractivity contribution in [1.82, 2.24) is 15.1 Å². The molecule has 0 saturated carbocycles. The van der Waals surface area contributed by atoms with E-state index in [1.165, 1.54) is 0 Å². The Morgan fingerprint density at radius 1 is 1.13 bits per heavy atom. The summed E-state index contributed by atoms with van der Waals surface area (Å²) in [6, 6.07) is 13.8. The molecule has 0 fully saturated rings. The third-order valence-corrected chi connectivity index (χ3v) is 5.29. The van der Waals surface area contributed by atoms with Crippen molar-refractivity contribution in [3.63, 3.8) is 0 Å². The Balaban J connectivity index is 1.81. The minimum absolute atomic E-state index is 0.132. The predicted octanol–water partition coefficient (Wildman–Crippen LogP) is 4.31. The molecular formula is C24H29N3O3. The highest BCUT2D eigenvalue weighted by Gasteiger charge is 2.20. The van der Waals surface area contributed by atoms with Gasteiger partial charge in [0.05, 0.1) is 44.3 Å². The molecule has 0 aliphatic carbocycles. The second kappa shape index (κ2) is 9.48. The number of amides is 1. The van der Waals surface area contributed by atoms with Gasteiger partial charge in [-0.2, -0.15) is 5.10 Å². The molecule has 3 rings (SSSR count). The topological polar surface area (TPSA) is 65.4 Å². The van der Waals surface area contributed by atoms with Gasteiger partial charge < -0.3 is 14.8 Å². The minimum Gasteiger partial charge on any atom is -0.493 e. The molecule has 6 heteroatoms. The van der Waals surface area contributed by atoms with E-state index in [9.17, 15) is 4.79 Å². The Bertz CT molecular complexity index is 1010. The van der Waals surface area contributed by atoms with Gasteiger partial charge in [-0.3, -0.25) is 9.48 Å². The molecular weight excluding hydrogens is 378 g/mol. The number of rotatable bonds is 8. The van der Waals surface area contributed by atoms with Crippen LogP contribution in [0.25, 0.3) is 0 Å². The van der Waals surface area contributed by atoms with Crippen molar-refractivity contribution in [1.29, 1.82) is 0 Å². The van der Waals surface area contributed by atoms with Crippen LogP contribution in [0.2, 0.25) is 0 Å². The van der Waals surface area contributed by atoms with E-state index in [1.807, 2.05) is 55.8 Å². The van der Waals surface area contributed by atoms with Crippen molar-refractivity contribution in [2.45, 2.75) is 39.8 Å². The number of benzene rings is 2. The van der Waals surface area contributed by atoms with Crippen molar-refractivity contribution in [3.05, 3.63) is 76.6 Å². The van der Waals surface area contributed by atoms with E-state index in [0.29, 0.717) is 23.6 Å². The Labute approximate surface area is 177 Å². The Kier molecular flexibility index (Phi) is 6.77. The Hall–Kier alpha value is -3.28. The predicted molar refractivity (Wildman–Crippen MR) is 117 cm³/mol. The highest BCUT2D eigenvalue weighted by atomic mass is 16.5. The van der Waals surface area contributed by atoms with E-state index < -0.39 is 0 Å². The number of aromatic nitrogens is 2. The Morgan fingerprint density at radius 3 is 2.43 bits per heavy atom. The first-order chi connectivity index (χ1) is 14.5. The fourth-order valence-electron chi connectivity index (χ4n) is 3.68. The zero-order valence-corrected chi connectivity index (χ0v) is 18.2. The second-order valence-corrected chi connectivity index (χ2v) is 7.26. The number of aryl methyl sites for hydroxylation is 1. The first-order valence-electron chi connectivity index (χ1n) is 10.1. The third kappa shape index (κ3) is 4.48. The maximum atomic E-state index is 13.0. The van der Waals surface area contributed by atoms with Gasteiger partial charge in [-0.15, -0.1) is 0 Å². The smallest absolute Gasteiger partial charge is 0.255 e. The van der Waals surface area contributed by atoms with Gasteiger partial charge in [0, 0.05) is 0 Å². The van der Waals surface area contributed by atoms with Gasteiger partial charge in [-0.25, -0.2) is 0 Å². The van der Waals surface area contributed by atoms with Crippen LogP contribution in [0.5, 0.6) is 11.5 Å². The summed E-state index contributed by atoms with van der Waals surface area (Å²) in [7, 11) is 3.22. The van der Waals surface area contributed by atoms with Crippen molar-refractivity contribution in [2.75, 3.05) is 14.2 Å². The molecule has 0 spiro atoms. The first kappa shape index (κ1) is 21.4. The van der Waals surface area contributed by atoms with E-state index in [2.05, 4.69) is 22.5 Å². The summed E-state index contributed by atoms with van der Waals surface area (Å²) < 4.78 is 12.7. The number of ether oxygens (including phenoxy) is 2. The molecule has 30 heavy (non-hydrogen) atoms. The number of hydrogen-bond acceptors (Lipinski definition) is 4. The van der Waals surface area contributed by atoms with E-state index in [4.69, 9.17) is 9.47 Å². The molecule has 158 valence electrons. The quantitative estimate of drug-likeness (QED) is 0.604. The lowest BCUT2D eigenvalue weighted by Crippen LogP contribution is -2.28. The summed E-state index contributed by atoms with van der Waals surface area (Å²) in [4.78, 5) is 13.0. The summed E-state index contributed by atoms with van der Waals surface area (Å²) in [6.45, 7) is 6.64. The number of nitrogens with one attached hydrogen (secondary N) is 1. The van der Waals surface area contributed by atoms with E-state index >= 15 is 0 Å². The average molecular weight is 408 g/mol. The van der Waals surface area contributed by atoms with Crippen molar-refractivity contribution < 1.29 is 14.3 Å². The zero-order chi connectivity index (χ0) is 21.7. The van der Waals surface area contributed by atoms with Gasteiger partial charge >= 0.3 is 0 Å². The SMILES string of the molecule is CCc1c(C(=O)NC(C)c2cc(OC)c(OC)cc2C)cnn1Cc1ccccc1. The van der Waals surface area contributed by atoms with Gasteiger partial charge in [0.1, 0.15) is 0 Å². The van der Waals surface area contributed by atoms with Crippen LogP contribution in [-0.4, -0.2) is 29.9 Å². The molecule has 6 nitrogen and oxygen atoms in total. The van der Waals surface area contributed by atoms with Crippen LogP contribution in [0.1, 0.15) is 52.6 Å². The molecule has 0 bridgehead atoms. The highest BCUT2D eigenvalue weighted by Crippen LogP contribution is 2.33. The number of carbonyl (C=O) groups excluding carboxylic acids is 1. The number of methoxy groups -OCH3 is 2. The maximum absolute atomic E-state index is 13.0. The van der Waals surface area contributed by atoms with E-state index in [0.717, 1.165) is 28.8 Å². The standard InChI is InChI=1S/C24H29N3O3/c1-6-21-20(14-25-27(21)15-18-10-8-7-9-11-18)24(28)26-17(3)19-13-23(30-5)22(29-4)12-16(19)2/h7-14,17H,6,15H2,1-5H3,(H,26,28). The zero-order valence-electron chi connectivity index (χ0n) is 18.2. The molecule has 0 radical (unpaired) electrons. The van der Waals surface area contributed by atoms with Gasteiger partial charge in [-0.05, 0) is 49.1 Å². The van der Waals surface area contributed by atoms with E-state index in [-0.39, 0.29) is 11.9 Å². The Morgan fingerprint density at radius 2 is 1.80 bits per heavy atom. The number of carbonyl (C=O) groups is 1. The van der Waals surface area contributed by atoms with Crippen LogP contribution < -0.4 is 14.8 Å². The van der Waals surface area contributed by atoms with Crippen LogP contribution in [0.15, 0.2) is 48.7 Å². The monoisotopic (exact) mass is 407 g/mol. The largest absolute Gasteiger partial charge is 0.493 e. The van der Waals surface area contributed by atoms with Gasteiger partial charge in [0.2, 0.25) is 0 Å². The lowest BCUT2D eigenvalue weighted by molar-refractivity contribution is 0.0938. The first-order valence-corrected chi connectivity index (χ1v) is 10.1. The maximum Gasteiger partial charge on any atom is 0.255 e. The van der Waals surface area contributed by atoms with Crippen molar-refractivity contribution in [2.24, 2.45) is 0 Å². The summed E-state index contributed by atoms with van der Waals surface area (Å²) in [6.07, 6.45) is 2.38. The minimum atomic E-state index is -0.195. The molecule has 1 N–H and O–H groups in total. The van der Waals surface area contributed by atoms with Crippen LogP contribution >= 0.6 is 0 Å². The van der Waals surface area contributed by atoms with Gasteiger partial charge in [0.25, 0.3) is 5.91 Å². The van der Waals surface area contributed by atoms with Gasteiger partial charge in [0.15, 0.2) is 11.5 Å². The number of hydrogen-bond donors (Lipinski definition) is 1. The normalized spacial score (nSPS) is 11.8. The lowest BCUT2D eigenvalue weighted by atomic mass is 10.0. The van der Waals surface area contributed by atoms with Crippen LogP contribution in [0.3, 0.4) is 0 Å². The molecule has 1 amide bonds. The fraction of sp³-hybridized carbons (Fsp3) is 0.333. The summed E-state index contributed by atoms with van der Waals surface area (Å²) in [5.74, 6) is 1.18. The molecule has 0 saturated heterocycles. The molecule has 1 heterocycles. The summed E-state index contributed by atoms with van der Waals surface area (Å²) >= 11 is 0.